The van der Waals surface area contributed by atoms with Gasteiger partial charge in [0.25, 0.3) is 0 Å². The Morgan fingerprint density at radius 2 is 1.92 bits per heavy atom. The molecule has 0 spiro atoms. The van der Waals surface area contributed by atoms with Crippen LogP contribution >= 0.6 is 11.3 Å². The van der Waals surface area contributed by atoms with E-state index in [9.17, 15) is 9.59 Å². The number of rotatable bonds is 5. The first kappa shape index (κ1) is 16.6. The van der Waals surface area contributed by atoms with Crippen LogP contribution in [0.15, 0.2) is 41.4 Å². The molecule has 2 amide bonds. The van der Waals surface area contributed by atoms with E-state index in [1.54, 1.807) is 35.9 Å². The van der Waals surface area contributed by atoms with Crippen LogP contribution in [0.4, 0.5) is 5.69 Å². The molecule has 3 heterocycles. The van der Waals surface area contributed by atoms with E-state index in [0.717, 1.165) is 13.1 Å². The molecule has 2 aromatic rings. The van der Waals surface area contributed by atoms with Gasteiger partial charge in [0.15, 0.2) is 0 Å². The monoisotopic (exact) mass is 344 g/mol. The number of nitrogens with one attached hydrogen (secondary N) is 2. The molecule has 0 bridgehead atoms. The molecule has 0 aliphatic carbocycles. The molecule has 2 N–H and O–H groups in total. The zero-order valence-corrected chi connectivity index (χ0v) is 14.1. The molecule has 3 rings (SSSR count). The Balaban J connectivity index is 1.57. The Morgan fingerprint density at radius 3 is 2.58 bits per heavy atom. The second-order valence-corrected chi connectivity index (χ2v) is 6.50. The number of nitrogens with zero attached hydrogens (tertiary/aromatic N) is 2. The fraction of sp³-hybridized carbons (Fsp3) is 0.353. The zero-order valence-electron chi connectivity index (χ0n) is 13.3. The molecule has 24 heavy (non-hydrogen) atoms. The molecule has 0 aromatic carbocycles. The summed E-state index contributed by atoms with van der Waals surface area (Å²) >= 11 is 1.64. The van der Waals surface area contributed by atoms with E-state index in [1.807, 2.05) is 5.38 Å². The fourth-order valence-electron chi connectivity index (χ4n) is 2.87. The largest absolute Gasteiger partial charge is 0.346 e. The zero-order chi connectivity index (χ0) is 16.8. The molecule has 1 atom stereocenters. The van der Waals surface area contributed by atoms with E-state index in [0.29, 0.717) is 12.2 Å². The fourth-order valence-corrected chi connectivity index (χ4v) is 3.58. The van der Waals surface area contributed by atoms with Crippen molar-refractivity contribution in [2.24, 2.45) is 0 Å². The highest BCUT2D eigenvalue weighted by Crippen LogP contribution is 2.26. The summed E-state index contributed by atoms with van der Waals surface area (Å²) in [5.74, 6) is -1.28. The summed E-state index contributed by atoms with van der Waals surface area (Å²) in [5, 5.41) is 9.47. The van der Waals surface area contributed by atoms with Gasteiger partial charge < -0.3 is 10.6 Å². The predicted octanol–water partition coefficient (Wildman–Crippen LogP) is 2.03. The molecule has 1 aliphatic rings. The van der Waals surface area contributed by atoms with Crippen molar-refractivity contribution < 1.29 is 9.59 Å². The van der Waals surface area contributed by atoms with E-state index < -0.39 is 11.8 Å². The van der Waals surface area contributed by atoms with Crippen molar-refractivity contribution in [1.29, 1.82) is 0 Å². The number of carbonyl (C=O) groups is 2. The Morgan fingerprint density at radius 1 is 1.17 bits per heavy atom. The van der Waals surface area contributed by atoms with Gasteiger partial charge in [-0.25, -0.2) is 0 Å². The highest BCUT2D eigenvalue weighted by molar-refractivity contribution is 7.07. The van der Waals surface area contributed by atoms with Crippen molar-refractivity contribution in [3.8, 4) is 0 Å². The van der Waals surface area contributed by atoms with Gasteiger partial charge in [-0.3, -0.25) is 19.5 Å². The quantitative estimate of drug-likeness (QED) is 0.814. The van der Waals surface area contributed by atoms with E-state index in [-0.39, 0.29) is 6.04 Å². The summed E-state index contributed by atoms with van der Waals surface area (Å²) in [5.41, 5.74) is 1.75. The van der Waals surface area contributed by atoms with Crippen molar-refractivity contribution in [2.45, 2.75) is 18.9 Å². The maximum absolute atomic E-state index is 12.1. The molecule has 7 heteroatoms. The second kappa shape index (κ2) is 8.03. The number of hydrogen-bond donors (Lipinski definition) is 2. The van der Waals surface area contributed by atoms with Crippen molar-refractivity contribution in [1.82, 2.24) is 15.2 Å². The van der Waals surface area contributed by atoms with Crippen LogP contribution in [-0.4, -0.2) is 41.3 Å². The lowest BCUT2D eigenvalue weighted by Gasteiger charge is -2.27. The topological polar surface area (TPSA) is 74.3 Å². The molecular formula is C17H20N4O2S. The van der Waals surface area contributed by atoms with Gasteiger partial charge >= 0.3 is 11.8 Å². The third-order valence-corrected chi connectivity index (χ3v) is 4.81. The number of likely N-dealkylation sites (tertiary alicyclic amines) is 1. The summed E-state index contributed by atoms with van der Waals surface area (Å²) in [6, 6.07) is 5.49. The van der Waals surface area contributed by atoms with Crippen LogP contribution < -0.4 is 10.6 Å². The number of thiophene rings is 1. The van der Waals surface area contributed by atoms with Crippen LogP contribution in [-0.2, 0) is 9.59 Å². The van der Waals surface area contributed by atoms with Crippen LogP contribution in [0, 0.1) is 0 Å². The molecule has 0 saturated carbocycles. The standard InChI is InChI=1S/C17H20N4O2S/c22-16(17(23)20-14-3-6-18-7-4-14)19-11-15(13-5-10-24-12-13)21-8-1-2-9-21/h3-7,10,12,15H,1-2,8-9,11H2,(H,19,22)(H,18,20,23). The molecule has 2 aromatic heterocycles. The predicted molar refractivity (Wildman–Crippen MR) is 93.7 cm³/mol. The summed E-state index contributed by atoms with van der Waals surface area (Å²) in [7, 11) is 0. The summed E-state index contributed by atoms with van der Waals surface area (Å²) in [4.78, 5) is 30.3. The first-order chi connectivity index (χ1) is 11.7. The lowest BCUT2D eigenvalue weighted by atomic mass is 10.1. The lowest BCUT2D eigenvalue weighted by Crippen LogP contribution is -2.41. The third kappa shape index (κ3) is 4.18. The average molecular weight is 344 g/mol. The molecule has 1 aliphatic heterocycles. The normalized spacial score (nSPS) is 15.8. The van der Waals surface area contributed by atoms with E-state index in [4.69, 9.17) is 0 Å². The van der Waals surface area contributed by atoms with Crippen molar-refractivity contribution in [2.75, 3.05) is 25.0 Å². The van der Waals surface area contributed by atoms with Gasteiger partial charge in [-0.05, 0) is 60.5 Å². The average Bonchev–Trinajstić information content (AvgIpc) is 3.30. The molecular weight excluding hydrogens is 324 g/mol. The SMILES string of the molecule is O=C(NCC(c1ccsc1)N1CCCC1)C(=O)Nc1ccncc1. The van der Waals surface area contributed by atoms with Crippen molar-refractivity contribution in [3.63, 3.8) is 0 Å². The molecule has 126 valence electrons. The van der Waals surface area contributed by atoms with Crippen LogP contribution in [0.2, 0.25) is 0 Å². The minimum Gasteiger partial charge on any atom is -0.346 e. The maximum atomic E-state index is 12.1. The lowest BCUT2D eigenvalue weighted by molar-refractivity contribution is -0.136. The van der Waals surface area contributed by atoms with Crippen LogP contribution in [0.5, 0.6) is 0 Å². The van der Waals surface area contributed by atoms with Gasteiger partial charge in [-0.1, -0.05) is 0 Å². The van der Waals surface area contributed by atoms with E-state index >= 15 is 0 Å². The Kier molecular flexibility index (Phi) is 5.55. The Labute approximate surface area is 144 Å². The molecule has 1 fully saturated rings. The second-order valence-electron chi connectivity index (χ2n) is 5.72. The highest BCUT2D eigenvalue weighted by Gasteiger charge is 2.25. The number of anilines is 1. The molecule has 6 nitrogen and oxygen atoms in total. The van der Waals surface area contributed by atoms with Gasteiger partial charge in [0.2, 0.25) is 0 Å². The number of pyridine rings is 1. The maximum Gasteiger partial charge on any atom is 0.313 e. The third-order valence-electron chi connectivity index (χ3n) is 4.11. The number of amides is 2. The van der Waals surface area contributed by atoms with Crippen molar-refractivity contribution >= 4 is 28.8 Å². The summed E-state index contributed by atoms with van der Waals surface area (Å²) in [6.07, 6.45) is 5.48. The summed E-state index contributed by atoms with van der Waals surface area (Å²) in [6.45, 7) is 2.48. The van der Waals surface area contributed by atoms with Crippen LogP contribution in [0.25, 0.3) is 0 Å². The van der Waals surface area contributed by atoms with E-state index in [1.165, 1.54) is 18.4 Å². The number of hydrogen-bond acceptors (Lipinski definition) is 5. The highest BCUT2D eigenvalue weighted by atomic mass is 32.1. The van der Waals surface area contributed by atoms with Gasteiger partial charge in [0.05, 0.1) is 6.04 Å². The molecule has 1 unspecified atom stereocenters. The van der Waals surface area contributed by atoms with Crippen LogP contribution in [0.3, 0.4) is 0 Å². The van der Waals surface area contributed by atoms with Gasteiger partial charge in [-0.2, -0.15) is 11.3 Å². The van der Waals surface area contributed by atoms with Gasteiger partial charge in [0.1, 0.15) is 0 Å². The van der Waals surface area contributed by atoms with Gasteiger partial charge in [-0.15, -0.1) is 0 Å². The summed E-state index contributed by atoms with van der Waals surface area (Å²) < 4.78 is 0. The minimum absolute atomic E-state index is 0.122. The first-order valence-corrected chi connectivity index (χ1v) is 8.93. The minimum atomic E-state index is -0.660. The Hall–Kier alpha value is -2.25. The smallest absolute Gasteiger partial charge is 0.313 e. The number of carbonyl (C=O) groups excluding carboxylic acids is 2. The Bertz CT molecular complexity index is 669. The molecule has 1 saturated heterocycles. The van der Waals surface area contributed by atoms with Crippen LogP contribution in [0.1, 0.15) is 24.4 Å². The van der Waals surface area contributed by atoms with E-state index in [2.05, 4.69) is 32.0 Å². The van der Waals surface area contributed by atoms with Crippen molar-refractivity contribution in [3.05, 3.63) is 46.9 Å². The number of aromatic nitrogens is 1. The molecule has 0 radical (unpaired) electrons. The van der Waals surface area contributed by atoms with Gasteiger partial charge in [0, 0.05) is 24.6 Å². The first-order valence-electron chi connectivity index (χ1n) is 7.99.